The lowest BCUT2D eigenvalue weighted by Crippen LogP contribution is -2.37. The summed E-state index contributed by atoms with van der Waals surface area (Å²) >= 11 is 6.57. The summed E-state index contributed by atoms with van der Waals surface area (Å²) in [6, 6.07) is 9.67. The van der Waals surface area contributed by atoms with Crippen LogP contribution in [0.1, 0.15) is 45.0 Å². The van der Waals surface area contributed by atoms with Gasteiger partial charge in [0.1, 0.15) is 0 Å². The van der Waals surface area contributed by atoms with E-state index in [2.05, 4.69) is 36.8 Å². The van der Waals surface area contributed by atoms with Crippen LogP contribution in [0.25, 0.3) is 10.9 Å². The van der Waals surface area contributed by atoms with Crippen LogP contribution in [0.3, 0.4) is 0 Å². The van der Waals surface area contributed by atoms with Gasteiger partial charge in [-0.2, -0.15) is 0 Å². The van der Waals surface area contributed by atoms with E-state index in [1.807, 2.05) is 18.3 Å². The zero-order chi connectivity index (χ0) is 20.7. The van der Waals surface area contributed by atoms with Crippen molar-refractivity contribution in [1.82, 2.24) is 9.88 Å². The molecule has 2 heterocycles. The van der Waals surface area contributed by atoms with E-state index < -0.39 is 5.97 Å². The monoisotopic (exact) mass is 410 g/mol. The molecule has 152 valence electrons. The molecular formula is C24H27ClN2O2. The molecular weight excluding hydrogens is 384 g/mol. The molecule has 1 saturated heterocycles. The van der Waals surface area contributed by atoms with E-state index in [0.29, 0.717) is 17.4 Å². The Morgan fingerprint density at radius 3 is 2.66 bits per heavy atom. The summed E-state index contributed by atoms with van der Waals surface area (Å²) in [7, 11) is 2.16. The number of carboxylic acid groups (broad SMARTS) is 1. The van der Waals surface area contributed by atoms with Crippen LogP contribution < -0.4 is 0 Å². The lowest BCUT2D eigenvalue weighted by Gasteiger charge is -2.37. The summed E-state index contributed by atoms with van der Waals surface area (Å²) in [5, 5.41) is 11.2. The Morgan fingerprint density at radius 1 is 1.24 bits per heavy atom. The molecule has 1 aliphatic rings. The second kappa shape index (κ2) is 7.85. The van der Waals surface area contributed by atoms with Gasteiger partial charge in [0.2, 0.25) is 0 Å². The standard InChI is InChI=1S/C24H27ClN2O2/c1-14-10-15(2)23-22(21(25)12-26-23)19(14)11-18-8-9-27(3)13-20(18)16-4-6-17(7-5-16)24(28)29/h4-7,10,12,18,20,26H,8-9,11,13H2,1-3H3,(H,28,29). The summed E-state index contributed by atoms with van der Waals surface area (Å²) in [5.41, 5.74) is 6.52. The molecule has 2 unspecified atom stereocenters. The van der Waals surface area contributed by atoms with Gasteiger partial charge >= 0.3 is 5.97 Å². The second-order valence-corrected chi connectivity index (χ2v) is 8.83. The van der Waals surface area contributed by atoms with Gasteiger partial charge in [-0.15, -0.1) is 0 Å². The third-order valence-corrected chi connectivity index (χ3v) is 6.75. The first-order valence-corrected chi connectivity index (χ1v) is 10.5. The highest BCUT2D eigenvalue weighted by atomic mass is 35.5. The first-order chi connectivity index (χ1) is 13.8. The zero-order valence-corrected chi connectivity index (χ0v) is 17.9. The van der Waals surface area contributed by atoms with E-state index in [9.17, 15) is 9.90 Å². The van der Waals surface area contributed by atoms with Crippen LogP contribution in [-0.2, 0) is 6.42 Å². The van der Waals surface area contributed by atoms with Crippen LogP contribution in [0.15, 0.2) is 36.5 Å². The highest BCUT2D eigenvalue weighted by Gasteiger charge is 2.30. The molecule has 4 nitrogen and oxygen atoms in total. The summed E-state index contributed by atoms with van der Waals surface area (Å²) in [5.74, 6) is -0.0313. The number of rotatable bonds is 4. The Morgan fingerprint density at radius 2 is 1.97 bits per heavy atom. The van der Waals surface area contributed by atoms with Crippen molar-refractivity contribution in [3.63, 3.8) is 0 Å². The number of aromatic amines is 1. The topological polar surface area (TPSA) is 56.3 Å². The third-order valence-electron chi connectivity index (χ3n) is 6.45. The van der Waals surface area contributed by atoms with Crippen molar-refractivity contribution in [2.75, 3.05) is 20.1 Å². The Balaban J connectivity index is 1.71. The quantitative estimate of drug-likeness (QED) is 0.604. The van der Waals surface area contributed by atoms with Gasteiger partial charge in [-0.1, -0.05) is 29.8 Å². The normalized spacial score (nSPS) is 20.3. The smallest absolute Gasteiger partial charge is 0.335 e. The highest BCUT2D eigenvalue weighted by Crippen LogP contribution is 2.39. The molecule has 0 spiro atoms. The van der Waals surface area contributed by atoms with Gasteiger partial charge in [-0.25, -0.2) is 4.79 Å². The maximum Gasteiger partial charge on any atom is 0.335 e. The summed E-state index contributed by atoms with van der Waals surface area (Å²) in [6.07, 6.45) is 3.97. The van der Waals surface area contributed by atoms with Crippen LogP contribution >= 0.6 is 11.6 Å². The number of piperidine rings is 1. The van der Waals surface area contributed by atoms with E-state index in [1.54, 1.807) is 12.1 Å². The number of aromatic carboxylic acids is 1. The van der Waals surface area contributed by atoms with Gasteiger partial charge in [0.25, 0.3) is 0 Å². The van der Waals surface area contributed by atoms with Gasteiger partial charge < -0.3 is 15.0 Å². The molecule has 0 amide bonds. The molecule has 1 fully saturated rings. The predicted octanol–water partition coefficient (Wildman–Crippen LogP) is 5.41. The van der Waals surface area contributed by atoms with E-state index in [-0.39, 0.29) is 0 Å². The average Bonchev–Trinajstić information content (AvgIpc) is 3.08. The van der Waals surface area contributed by atoms with Crippen molar-refractivity contribution in [1.29, 1.82) is 0 Å². The van der Waals surface area contributed by atoms with Crippen LogP contribution in [0.4, 0.5) is 0 Å². The minimum atomic E-state index is -0.881. The number of aromatic nitrogens is 1. The number of hydrogen-bond donors (Lipinski definition) is 2. The number of likely N-dealkylation sites (N-methyl/N-ethyl adjacent to an activating group) is 1. The summed E-state index contributed by atoms with van der Waals surface area (Å²) < 4.78 is 0. The number of fused-ring (bicyclic) bond motifs is 1. The Hall–Kier alpha value is -2.30. The van der Waals surface area contributed by atoms with Crippen molar-refractivity contribution in [2.24, 2.45) is 5.92 Å². The molecule has 0 bridgehead atoms. The van der Waals surface area contributed by atoms with Gasteiger partial charge in [-0.3, -0.25) is 0 Å². The van der Waals surface area contributed by atoms with Crippen LogP contribution in [0.5, 0.6) is 0 Å². The minimum Gasteiger partial charge on any atom is -0.478 e. The summed E-state index contributed by atoms with van der Waals surface area (Å²) in [6.45, 7) is 6.35. The maximum absolute atomic E-state index is 11.2. The van der Waals surface area contributed by atoms with Gasteiger partial charge in [0.05, 0.1) is 16.1 Å². The lowest BCUT2D eigenvalue weighted by molar-refractivity contribution is 0.0697. The molecule has 0 saturated carbocycles. The van der Waals surface area contributed by atoms with Gasteiger partial charge in [0.15, 0.2) is 0 Å². The SMILES string of the molecule is Cc1cc(C)c2[nH]cc(Cl)c2c1CC1CCN(C)CC1c1ccc(C(=O)O)cc1. The molecule has 0 aliphatic carbocycles. The fourth-order valence-corrected chi connectivity index (χ4v) is 5.13. The molecule has 0 radical (unpaired) electrons. The average molecular weight is 411 g/mol. The fourth-order valence-electron chi connectivity index (χ4n) is 4.87. The first kappa shape index (κ1) is 20.0. The number of aryl methyl sites for hydroxylation is 2. The highest BCUT2D eigenvalue weighted by molar-refractivity contribution is 6.36. The van der Waals surface area contributed by atoms with Crippen molar-refractivity contribution < 1.29 is 9.90 Å². The first-order valence-electron chi connectivity index (χ1n) is 10.1. The minimum absolute atomic E-state index is 0.338. The molecule has 2 aromatic carbocycles. The molecule has 1 aliphatic heterocycles. The zero-order valence-electron chi connectivity index (χ0n) is 17.1. The number of carbonyl (C=O) groups is 1. The third kappa shape index (κ3) is 3.79. The number of halogens is 1. The van der Waals surface area contributed by atoms with Crippen LogP contribution in [-0.4, -0.2) is 41.1 Å². The number of nitrogens with one attached hydrogen (secondary N) is 1. The summed E-state index contributed by atoms with van der Waals surface area (Å²) in [4.78, 5) is 16.9. The largest absolute Gasteiger partial charge is 0.478 e. The van der Waals surface area contributed by atoms with E-state index in [4.69, 9.17) is 11.6 Å². The number of benzene rings is 2. The number of H-pyrrole nitrogens is 1. The molecule has 2 atom stereocenters. The predicted molar refractivity (Wildman–Crippen MR) is 118 cm³/mol. The van der Waals surface area contributed by atoms with E-state index >= 15 is 0 Å². The Kier molecular flexibility index (Phi) is 5.41. The molecule has 2 N–H and O–H groups in total. The maximum atomic E-state index is 11.2. The van der Waals surface area contributed by atoms with Crippen molar-refractivity contribution in [3.8, 4) is 0 Å². The second-order valence-electron chi connectivity index (χ2n) is 8.42. The van der Waals surface area contributed by atoms with Gasteiger partial charge in [0, 0.05) is 18.1 Å². The van der Waals surface area contributed by atoms with Crippen molar-refractivity contribution in [2.45, 2.75) is 32.6 Å². The number of likely N-dealkylation sites (tertiary alicyclic amines) is 1. The van der Waals surface area contributed by atoms with Crippen LogP contribution in [0, 0.1) is 19.8 Å². The van der Waals surface area contributed by atoms with Crippen LogP contribution in [0.2, 0.25) is 5.02 Å². The van der Waals surface area contributed by atoms with Gasteiger partial charge in [-0.05, 0) is 86.5 Å². The van der Waals surface area contributed by atoms with Crippen molar-refractivity contribution >= 4 is 28.5 Å². The number of nitrogens with zero attached hydrogens (tertiary/aromatic N) is 1. The Labute approximate surface area is 176 Å². The molecule has 4 rings (SSSR count). The fraction of sp³-hybridized carbons (Fsp3) is 0.375. The number of hydrogen-bond acceptors (Lipinski definition) is 2. The molecule has 3 aromatic rings. The number of carboxylic acids is 1. The molecule has 29 heavy (non-hydrogen) atoms. The molecule has 1 aromatic heterocycles. The lowest BCUT2D eigenvalue weighted by atomic mass is 9.76. The van der Waals surface area contributed by atoms with Crippen molar-refractivity contribution in [3.05, 3.63) is 69.4 Å². The Bertz CT molecular complexity index is 1050. The van der Waals surface area contributed by atoms with E-state index in [0.717, 1.165) is 41.9 Å². The van der Waals surface area contributed by atoms with E-state index in [1.165, 1.54) is 22.3 Å². The molecule has 5 heteroatoms.